The van der Waals surface area contributed by atoms with Crippen molar-refractivity contribution in [3.8, 4) is 17.1 Å². The third-order valence-corrected chi connectivity index (χ3v) is 6.16. The molecule has 0 aliphatic carbocycles. The van der Waals surface area contributed by atoms with Gasteiger partial charge in [-0.2, -0.15) is 5.10 Å². The minimum Gasteiger partial charge on any atom is -0.463 e. The number of piperidine rings is 1. The average Bonchev–Trinajstić information content (AvgIpc) is 3.55. The van der Waals surface area contributed by atoms with Crippen LogP contribution in [0, 0.1) is 5.92 Å². The fraction of sp³-hybridized carbons (Fsp3) is 0.200. The molecule has 0 radical (unpaired) electrons. The van der Waals surface area contributed by atoms with Gasteiger partial charge in [0.1, 0.15) is 11.5 Å². The molecule has 1 fully saturated rings. The third-order valence-electron chi connectivity index (χ3n) is 5.92. The van der Waals surface area contributed by atoms with Gasteiger partial charge in [-0.25, -0.2) is 9.67 Å². The Kier molecular flexibility index (Phi) is 6.24. The van der Waals surface area contributed by atoms with Crippen LogP contribution < -0.4 is 16.0 Å². The number of nitrogens with zero attached hydrogens (tertiary/aromatic N) is 4. The number of hydrogen-bond acceptors (Lipinski definition) is 6. The van der Waals surface area contributed by atoms with Gasteiger partial charge in [-0.1, -0.05) is 17.7 Å². The largest absolute Gasteiger partial charge is 0.463 e. The van der Waals surface area contributed by atoms with E-state index in [9.17, 15) is 9.59 Å². The van der Waals surface area contributed by atoms with Gasteiger partial charge in [0.05, 0.1) is 29.8 Å². The van der Waals surface area contributed by atoms with Gasteiger partial charge in [0.2, 0.25) is 5.91 Å². The van der Waals surface area contributed by atoms with Crippen molar-refractivity contribution in [1.29, 1.82) is 0 Å². The molecular weight excluding hydrogens is 468 g/mol. The number of carbonyl (C=O) groups excluding carboxylic acids is 2. The lowest BCUT2D eigenvalue weighted by Gasteiger charge is -2.32. The highest BCUT2D eigenvalue weighted by Gasteiger charge is 2.25. The summed E-state index contributed by atoms with van der Waals surface area (Å²) in [6.45, 7) is 1.35. The molecule has 3 N–H and O–H groups in total. The number of halogens is 1. The second-order valence-electron chi connectivity index (χ2n) is 8.33. The normalized spacial score (nSPS) is 15.7. The maximum Gasteiger partial charge on any atom is 0.276 e. The molecule has 1 saturated heterocycles. The molecule has 178 valence electrons. The highest BCUT2D eigenvalue weighted by atomic mass is 35.5. The topological polar surface area (TPSA) is 119 Å². The van der Waals surface area contributed by atoms with Crippen molar-refractivity contribution in [2.75, 3.05) is 23.3 Å². The number of hydrogen-bond donors (Lipinski definition) is 2. The number of aromatic nitrogens is 3. The van der Waals surface area contributed by atoms with E-state index in [0.717, 1.165) is 25.2 Å². The SMILES string of the molecule is NC(=O)C1CCCN(c2ccc(NC(=O)c3cc(-c4ccco4)n(-c4cccc(Cl)c4)n3)cn2)C1. The van der Waals surface area contributed by atoms with E-state index >= 15 is 0 Å². The Labute approximate surface area is 206 Å². The van der Waals surface area contributed by atoms with Crippen LogP contribution in [-0.2, 0) is 4.79 Å². The first-order chi connectivity index (χ1) is 17.0. The van der Waals surface area contributed by atoms with Gasteiger partial charge in [-0.15, -0.1) is 0 Å². The van der Waals surface area contributed by atoms with Crippen LogP contribution in [0.3, 0.4) is 0 Å². The van der Waals surface area contributed by atoms with Gasteiger partial charge in [-0.05, 0) is 55.3 Å². The van der Waals surface area contributed by atoms with Crippen molar-refractivity contribution in [3.63, 3.8) is 0 Å². The number of rotatable bonds is 6. The molecule has 0 bridgehead atoms. The second kappa shape index (κ2) is 9.63. The van der Waals surface area contributed by atoms with Crippen molar-refractivity contribution in [2.24, 2.45) is 11.7 Å². The zero-order valence-electron chi connectivity index (χ0n) is 18.7. The van der Waals surface area contributed by atoms with E-state index in [2.05, 4.69) is 15.4 Å². The molecule has 1 aliphatic heterocycles. The smallest absolute Gasteiger partial charge is 0.276 e. The lowest BCUT2D eigenvalue weighted by molar-refractivity contribution is -0.122. The lowest BCUT2D eigenvalue weighted by Crippen LogP contribution is -2.41. The summed E-state index contributed by atoms with van der Waals surface area (Å²) in [4.78, 5) is 31.1. The summed E-state index contributed by atoms with van der Waals surface area (Å²) in [6.07, 6.45) is 4.82. The summed E-state index contributed by atoms with van der Waals surface area (Å²) in [7, 11) is 0. The fourth-order valence-corrected chi connectivity index (χ4v) is 4.34. The number of pyridine rings is 1. The average molecular weight is 491 g/mol. The maximum atomic E-state index is 13.0. The molecule has 2 amide bonds. The zero-order chi connectivity index (χ0) is 24.4. The van der Waals surface area contributed by atoms with Crippen LogP contribution >= 0.6 is 11.6 Å². The van der Waals surface area contributed by atoms with E-state index in [1.165, 1.54) is 0 Å². The number of furan rings is 1. The minimum absolute atomic E-state index is 0.178. The Morgan fingerprint density at radius 2 is 2.03 bits per heavy atom. The third kappa shape index (κ3) is 4.90. The molecular formula is C25H23ClN6O3. The monoisotopic (exact) mass is 490 g/mol. The Morgan fingerprint density at radius 3 is 2.74 bits per heavy atom. The Balaban J connectivity index is 1.35. The molecule has 9 nitrogen and oxygen atoms in total. The molecule has 3 aromatic heterocycles. The van der Waals surface area contributed by atoms with E-state index in [1.54, 1.807) is 53.5 Å². The molecule has 10 heteroatoms. The van der Waals surface area contributed by atoms with Crippen LogP contribution in [0.2, 0.25) is 5.02 Å². The standard InChI is InChI=1S/C25H23ClN6O3/c26-17-5-1-6-19(12-17)32-21(22-7-3-11-35-22)13-20(30-32)25(34)29-18-8-9-23(28-14-18)31-10-2-4-16(15-31)24(27)33/h1,3,5-9,11-14,16H,2,4,10,15H2,(H2,27,33)(H,29,34). The van der Waals surface area contributed by atoms with Crippen LogP contribution in [0.25, 0.3) is 17.1 Å². The second-order valence-corrected chi connectivity index (χ2v) is 8.77. The van der Waals surface area contributed by atoms with Crippen molar-refractivity contribution in [1.82, 2.24) is 14.8 Å². The molecule has 4 aromatic rings. The van der Waals surface area contributed by atoms with Crippen LogP contribution in [0.4, 0.5) is 11.5 Å². The first-order valence-electron chi connectivity index (χ1n) is 11.2. The first kappa shape index (κ1) is 22.7. The summed E-state index contributed by atoms with van der Waals surface area (Å²) < 4.78 is 7.16. The van der Waals surface area contributed by atoms with Gasteiger partial charge in [0.25, 0.3) is 5.91 Å². The van der Waals surface area contributed by atoms with Gasteiger partial charge in [0, 0.05) is 24.2 Å². The van der Waals surface area contributed by atoms with E-state index in [0.29, 0.717) is 34.4 Å². The van der Waals surface area contributed by atoms with Crippen molar-refractivity contribution >= 4 is 34.9 Å². The number of primary amides is 1. The van der Waals surface area contributed by atoms with E-state index < -0.39 is 0 Å². The molecule has 0 saturated carbocycles. The van der Waals surface area contributed by atoms with Crippen LogP contribution in [0.15, 0.2) is 71.5 Å². The molecule has 0 spiro atoms. The summed E-state index contributed by atoms with van der Waals surface area (Å²) in [6, 6.07) is 16.0. The summed E-state index contributed by atoms with van der Waals surface area (Å²) >= 11 is 6.16. The quantitative estimate of drug-likeness (QED) is 0.419. The number of nitrogens with one attached hydrogen (secondary N) is 1. The fourth-order valence-electron chi connectivity index (χ4n) is 4.16. The Bertz CT molecular complexity index is 1350. The van der Waals surface area contributed by atoms with Crippen molar-refractivity contribution in [3.05, 3.63) is 77.8 Å². The number of carbonyl (C=O) groups is 2. The number of nitrogens with two attached hydrogens (primary N) is 1. The molecule has 1 unspecified atom stereocenters. The van der Waals surface area contributed by atoms with Crippen molar-refractivity contribution in [2.45, 2.75) is 12.8 Å². The molecule has 35 heavy (non-hydrogen) atoms. The molecule has 1 aliphatic rings. The van der Waals surface area contributed by atoms with Gasteiger partial charge >= 0.3 is 0 Å². The number of anilines is 2. The predicted molar refractivity (Wildman–Crippen MR) is 133 cm³/mol. The van der Waals surface area contributed by atoms with Crippen LogP contribution in [-0.4, -0.2) is 39.7 Å². The van der Waals surface area contributed by atoms with Gasteiger partial charge in [0.15, 0.2) is 11.5 Å². The molecule has 4 heterocycles. The maximum absolute atomic E-state index is 13.0. The lowest BCUT2D eigenvalue weighted by atomic mass is 9.97. The number of amides is 2. The predicted octanol–water partition coefficient (Wildman–Crippen LogP) is 4.13. The summed E-state index contributed by atoms with van der Waals surface area (Å²) in [5.41, 5.74) is 7.53. The van der Waals surface area contributed by atoms with E-state index in [1.807, 2.05) is 23.1 Å². The number of benzene rings is 1. The van der Waals surface area contributed by atoms with E-state index in [-0.39, 0.29) is 23.4 Å². The minimum atomic E-state index is -0.389. The molecule has 1 atom stereocenters. The van der Waals surface area contributed by atoms with Crippen LogP contribution in [0.5, 0.6) is 0 Å². The zero-order valence-corrected chi connectivity index (χ0v) is 19.5. The van der Waals surface area contributed by atoms with Crippen LogP contribution in [0.1, 0.15) is 23.3 Å². The summed E-state index contributed by atoms with van der Waals surface area (Å²) in [5, 5.41) is 7.89. The Morgan fingerprint density at radius 1 is 1.14 bits per heavy atom. The van der Waals surface area contributed by atoms with Gasteiger partial charge in [-0.3, -0.25) is 9.59 Å². The highest BCUT2D eigenvalue weighted by molar-refractivity contribution is 6.30. The molecule has 5 rings (SSSR count). The van der Waals surface area contributed by atoms with Crippen molar-refractivity contribution < 1.29 is 14.0 Å². The molecule has 1 aromatic carbocycles. The first-order valence-corrected chi connectivity index (χ1v) is 11.6. The highest BCUT2D eigenvalue weighted by Crippen LogP contribution is 2.27. The van der Waals surface area contributed by atoms with Gasteiger partial charge < -0.3 is 20.4 Å². The summed E-state index contributed by atoms with van der Waals surface area (Å²) in [5.74, 6) is 0.449. The Hall–Kier alpha value is -4.11. The van der Waals surface area contributed by atoms with E-state index in [4.69, 9.17) is 21.8 Å².